The fourth-order valence-electron chi connectivity index (χ4n) is 2.87. The maximum Gasteiger partial charge on any atom is 0.267 e. The van der Waals surface area contributed by atoms with Crippen LogP contribution in [0.5, 0.6) is 11.6 Å². The van der Waals surface area contributed by atoms with Gasteiger partial charge in [0, 0.05) is 31.3 Å². The van der Waals surface area contributed by atoms with E-state index in [-0.39, 0.29) is 23.3 Å². The number of hydrogen-bond donors (Lipinski definition) is 2. The van der Waals surface area contributed by atoms with Crippen LogP contribution in [0.4, 0.5) is 5.95 Å². The molecule has 3 aromatic rings. The van der Waals surface area contributed by atoms with Gasteiger partial charge in [0.05, 0.1) is 30.7 Å². The summed E-state index contributed by atoms with van der Waals surface area (Å²) in [5.74, 6) is 0.787. The number of nitrogens with zero attached hydrogens (tertiary/aromatic N) is 4. The van der Waals surface area contributed by atoms with Crippen LogP contribution in [-0.2, 0) is 17.1 Å². The van der Waals surface area contributed by atoms with Gasteiger partial charge in [0.1, 0.15) is 10.6 Å². The average molecular weight is 490 g/mol. The van der Waals surface area contributed by atoms with Gasteiger partial charge in [0.2, 0.25) is 11.8 Å². The Bertz CT molecular complexity index is 1190. The van der Waals surface area contributed by atoms with Crippen LogP contribution in [0.15, 0.2) is 47.6 Å². The van der Waals surface area contributed by atoms with Crippen molar-refractivity contribution in [3.8, 4) is 22.9 Å². The van der Waals surface area contributed by atoms with E-state index in [4.69, 9.17) is 9.47 Å². The van der Waals surface area contributed by atoms with E-state index in [2.05, 4.69) is 26.7 Å². The SMILES string of the molecule is CCCCOc1ccc(-c2cc(OCCC(C)(C)O)nc(NS(=O)(=O)c3cnn(C)c3)n2)cc1. The summed E-state index contributed by atoms with van der Waals surface area (Å²) in [5, 5.41) is 13.8. The highest BCUT2D eigenvalue weighted by Crippen LogP contribution is 2.26. The molecule has 0 saturated heterocycles. The van der Waals surface area contributed by atoms with Gasteiger partial charge >= 0.3 is 0 Å². The van der Waals surface area contributed by atoms with Crippen LogP contribution in [-0.4, -0.2) is 52.1 Å². The van der Waals surface area contributed by atoms with Gasteiger partial charge in [0.15, 0.2) is 0 Å². The molecule has 34 heavy (non-hydrogen) atoms. The molecular weight excluding hydrogens is 458 g/mol. The van der Waals surface area contributed by atoms with Crippen molar-refractivity contribution in [3.05, 3.63) is 42.7 Å². The lowest BCUT2D eigenvalue weighted by Crippen LogP contribution is -2.22. The summed E-state index contributed by atoms with van der Waals surface area (Å²) in [4.78, 5) is 8.58. The molecule has 0 bridgehead atoms. The van der Waals surface area contributed by atoms with Gasteiger partial charge in [-0.1, -0.05) is 13.3 Å². The van der Waals surface area contributed by atoms with Crippen molar-refractivity contribution in [1.82, 2.24) is 19.7 Å². The van der Waals surface area contributed by atoms with E-state index in [0.29, 0.717) is 18.7 Å². The Morgan fingerprint density at radius 2 is 1.85 bits per heavy atom. The summed E-state index contributed by atoms with van der Waals surface area (Å²) in [5.41, 5.74) is 0.297. The Kier molecular flexibility index (Phi) is 8.11. The highest BCUT2D eigenvalue weighted by Gasteiger charge is 2.20. The molecule has 0 fully saturated rings. The zero-order valence-corrected chi connectivity index (χ0v) is 20.7. The molecule has 3 rings (SSSR count). The molecule has 0 unspecified atom stereocenters. The van der Waals surface area contributed by atoms with Gasteiger partial charge in [-0.3, -0.25) is 4.68 Å². The normalized spacial score (nSPS) is 11.9. The maximum atomic E-state index is 12.8. The first kappa shape index (κ1) is 25.4. The molecule has 0 atom stereocenters. The molecule has 2 aromatic heterocycles. The first-order valence-electron chi connectivity index (χ1n) is 11.0. The summed E-state index contributed by atoms with van der Waals surface area (Å²) in [6.45, 7) is 6.30. The number of benzene rings is 1. The van der Waals surface area contributed by atoms with E-state index >= 15 is 0 Å². The number of rotatable bonds is 12. The van der Waals surface area contributed by atoms with Crippen LogP contribution in [0.3, 0.4) is 0 Å². The Morgan fingerprint density at radius 1 is 1.12 bits per heavy atom. The standard InChI is InChI=1S/C23H31N5O5S/c1-5-6-12-32-18-9-7-17(8-10-18)20-14-21(33-13-11-23(2,3)29)26-22(25-20)27-34(30,31)19-15-24-28(4)16-19/h7-10,14-16,29H,5-6,11-13H2,1-4H3,(H,25,26,27). The first-order valence-corrected chi connectivity index (χ1v) is 12.5. The molecule has 2 heterocycles. The van der Waals surface area contributed by atoms with Crippen molar-refractivity contribution in [2.75, 3.05) is 17.9 Å². The van der Waals surface area contributed by atoms with Gasteiger partial charge in [-0.2, -0.15) is 10.1 Å². The van der Waals surface area contributed by atoms with Gasteiger partial charge < -0.3 is 14.6 Å². The van der Waals surface area contributed by atoms with Crippen LogP contribution < -0.4 is 14.2 Å². The Hall–Kier alpha value is -3.18. The van der Waals surface area contributed by atoms with E-state index in [1.807, 2.05) is 24.3 Å². The smallest absolute Gasteiger partial charge is 0.267 e. The van der Waals surface area contributed by atoms with Crippen LogP contribution >= 0.6 is 0 Å². The lowest BCUT2D eigenvalue weighted by molar-refractivity contribution is 0.0547. The molecule has 0 aliphatic rings. The fraction of sp³-hybridized carbons (Fsp3) is 0.435. The topological polar surface area (TPSA) is 128 Å². The minimum atomic E-state index is -3.95. The predicted molar refractivity (Wildman–Crippen MR) is 128 cm³/mol. The summed E-state index contributed by atoms with van der Waals surface area (Å²) in [7, 11) is -2.32. The van der Waals surface area contributed by atoms with Crippen molar-refractivity contribution in [1.29, 1.82) is 0 Å². The van der Waals surface area contributed by atoms with Crippen molar-refractivity contribution in [2.24, 2.45) is 7.05 Å². The second kappa shape index (κ2) is 10.8. The largest absolute Gasteiger partial charge is 0.494 e. The average Bonchev–Trinajstić information content (AvgIpc) is 3.20. The molecule has 0 saturated carbocycles. The predicted octanol–water partition coefficient (Wildman–Crippen LogP) is 3.40. The number of hydrogen-bond acceptors (Lipinski definition) is 8. The van der Waals surface area contributed by atoms with E-state index < -0.39 is 15.6 Å². The van der Waals surface area contributed by atoms with Gasteiger partial charge in [-0.25, -0.2) is 18.1 Å². The molecule has 0 aliphatic heterocycles. The van der Waals surface area contributed by atoms with Crippen molar-refractivity contribution >= 4 is 16.0 Å². The van der Waals surface area contributed by atoms with Crippen molar-refractivity contribution in [2.45, 2.75) is 50.5 Å². The number of nitrogens with one attached hydrogen (secondary N) is 1. The van der Waals surface area contributed by atoms with Gasteiger partial charge in [-0.05, 0) is 44.5 Å². The van der Waals surface area contributed by atoms with Crippen molar-refractivity contribution in [3.63, 3.8) is 0 Å². The first-order chi connectivity index (χ1) is 16.1. The van der Waals surface area contributed by atoms with Gasteiger partial charge in [-0.15, -0.1) is 0 Å². The molecular formula is C23H31N5O5S. The van der Waals surface area contributed by atoms with Gasteiger partial charge in [0.25, 0.3) is 10.0 Å². The molecule has 184 valence electrons. The third-order valence-electron chi connectivity index (χ3n) is 4.80. The Morgan fingerprint density at radius 3 is 2.47 bits per heavy atom. The molecule has 0 radical (unpaired) electrons. The number of aliphatic hydroxyl groups is 1. The second-order valence-corrected chi connectivity index (χ2v) is 10.2. The maximum absolute atomic E-state index is 12.8. The minimum absolute atomic E-state index is 0.0120. The number of aromatic nitrogens is 4. The third-order valence-corrected chi connectivity index (χ3v) is 6.08. The number of sulfonamides is 1. The van der Waals surface area contributed by atoms with E-state index in [9.17, 15) is 13.5 Å². The number of ether oxygens (including phenoxy) is 2. The van der Waals surface area contributed by atoms with Crippen LogP contribution in [0, 0.1) is 0 Å². The Labute approximate surface area is 200 Å². The number of anilines is 1. The molecule has 1 aromatic carbocycles. The highest BCUT2D eigenvalue weighted by molar-refractivity contribution is 7.92. The second-order valence-electron chi connectivity index (χ2n) is 8.51. The summed E-state index contributed by atoms with van der Waals surface area (Å²) >= 11 is 0. The zero-order chi connectivity index (χ0) is 24.8. The lowest BCUT2D eigenvalue weighted by atomic mass is 10.1. The van der Waals surface area contributed by atoms with E-state index in [0.717, 1.165) is 24.2 Å². The quantitative estimate of drug-likeness (QED) is 0.371. The van der Waals surface area contributed by atoms with Crippen molar-refractivity contribution < 1.29 is 23.0 Å². The fourth-order valence-corrected chi connectivity index (χ4v) is 3.80. The van der Waals surface area contributed by atoms with E-state index in [1.165, 1.54) is 17.1 Å². The van der Waals surface area contributed by atoms with Crippen LogP contribution in [0.1, 0.15) is 40.0 Å². The lowest BCUT2D eigenvalue weighted by Gasteiger charge is -2.17. The summed E-state index contributed by atoms with van der Waals surface area (Å²) in [6, 6.07) is 8.97. The monoisotopic (exact) mass is 489 g/mol. The number of unbranched alkanes of at least 4 members (excludes halogenated alkanes) is 1. The summed E-state index contributed by atoms with van der Waals surface area (Å²) in [6.07, 6.45) is 5.01. The zero-order valence-electron chi connectivity index (χ0n) is 19.9. The van der Waals surface area contributed by atoms with E-state index in [1.54, 1.807) is 27.0 Å². The molecule has 10 nitrogen and oxygen atoms in total. The van der Waals surface area contributed by atoms with Crippen LogP contribution in [0.25, 0.3) is 11.3 Å². The minimum Gasteiger partial charge on any atom is -0.494 e. The molecule has 11 heteroatoms. The third kappa shape index (κ3) is 7.42. The molecule has 0 spiro atoms. The molecule has 0 amide bonds. The Balaban J connectivity index is 1.88. The number of aryl methyl sites for hydroxylation is 1. The summed E-state index contributed by atoms with van der Waals surface area (Å²) < 4.78 is 40.7. The molecule has 2 N–H and O–H groups in total. The highest BCUT2D eigenvalue weighted by atomic mass is 32.2. The van der Waals surface area contributed by atoms with Crippen LogP contribution in [0.2, 0.25) is 0 Å². The molecule has 0 aliphatic carbocycles.